The van der Waals surface area contributed by atoms with Crippen LogP contribution in [0.3, 0.4) is 0 Å². The minimum absolute atomic E-state index is 0.200. The molecule has 7 heteroatoms. The molecule has 0 saturated carbocycles. The smallest absolute Gasteiger partial charge is 0.225 e. The molecule has 3 heterocycles. The summed E-state index contributed by atoms with van der Waals surface area (Å²) in [5.74, 6) is 1.43. The number of pyridine rings is 1. The summed E-state index contributed by atoms with van der Waals surface area (Å²) in [7, 11) is 3.81. The highest BCUT2D eigenvalue weighted by atomic mass is 35.5. The molecule has 2 aromatic rings. The molecule has 0 atom stereocenters. The Bertz CT molecular complexity index is 669. The minimum atomic E-state index is -0.200. The van der Waals surface area contributed by atoms with Crippen molar-refractivity contribution in [2.45, 2.75) is 18.9 Å². The van der Waals surface area contributed by atoms with Crippen LogP contribution >= 0.6 is 11.6 Å². The Morgan fingerprint density at radius 3 is 2.26 bits per heavy atom. The van der Waals surface area contributed by atoms with E-state index in [4.69, 9.17) is 11.6 Å². The Labute approximate surface area is 140 Å². The maximum absolute atomic E-state index is 9.56. The van der Waals surface area contributed by atoms with Crippen molar-refractivity contribution < 1.29 is 5.11 Å². The average molecular weight is 334 g/mol. The SMILES string of the molecule is CN(C)c1ncc(-c2cnc(N3CCC(O)CC3)nc2)cc1Cl. The highest BCUT2D eigenvalue weighted by molar-refractivity contribution is 6.33. The average Bonchev–Trinajstić information content (AvgIpc) is 2.55. The Balaban J connectivity index is 1.78. The highest BCUT2D eigenvalue weighted by Gasteiger charge is 2.19. The number of halogens is 1. The van der Waals surface area contributed by atoms with E-state index >= 15 is 0 Å². The summed E-state index contributed by atoms with van der Waals surface area (Å²) in [6.45, 7) is 1.57. The minimum Gasteiger partial charge on any atom is -0.393 e. The summed E-state index contributed by atoms with van der Waals surface area (Å²) in [6, 6.07) is 1.87. The fourth-order valence-electron chi connectivity index (χ4n) is 2.62. The van der Waals surface area contributed by atoms with Crippen LogP contribution in [0.15, 0.2) is 24.7 Å². The maximum atomic E-state index is 9.56. The van der Waals surface area contributed by atoms with Gasteiger partial charge in [0.15, 0.2) is 0 Å². The second-order valence-corrected chi connectivity index (χ2v) is 6.32. The number of nitrogens with zero attached hydrogens (tertiary/aromatic N) is 5. The van der Waals surface area contributed by atoms with Crippen molar-refractivity contribution in [1.82, 2.24) is 15.0 Å². The fraction of sp³-hybridized carbons (Fsp3) is 0.438. The van der Waals surface area contributed by atoms with Crippen molar-refractivity contribution in [3.8, 4) is 11.1 Å². The number of piperidine rings is 1. The summed E-state index contributed by atoms with van der Waals surface area (Å²) in [6.07, 6.45) is 6.67. The first-order valence-corrected chi connectivity index (χ1v) is 8.00. The number of aliphatic hydroxyl groups is 1. The van der Waals surface area contributed by atoms with Crippen LogP contribution < -0.4 is 9.80 Å². The van der Waals surface area contributed by atoms with Crippen molar-refractivity contribution in [2.24, 2.45) is 0 Å². The number of hydrogen-bond donors (Lipinski definition) is 1. The molecule has 1 fully saturated rings. The third-order valence-electron chi connectivity index (χ3n) is 3.96. The van der Waals surface area contributed by atoms with E-state index in [1.54, 1.807) is 18.6 Å². The van der Waals surface area contributed by atoms with E-state index in [0.29, 0.717) is 11.0 Å². The normalized spacial score (nSPS) is 15.7. The van der Waals surface area contributed by atoms with Crippen LogP contribution in [-0.4, -0.2) is 53.3 Å². The second kappa shape index (κ2) is 6.68. The first-order chi connectivity index (χ1) is 11.0. The van der Waals surface area contributed by atoms with E-state index in [1.807, 2.05) is 25.1 Å². The summed E-state index contributed by atoms with van der Waals surface area (Å²) >= 11 is 6.26. The van der Waals surface area contributed by atoms with Crippen LogP contribution in [0.25, 0.3) is 11.1 Å². The van der Waals surface area contributed by atoms with Gasteiger partial charge in [0.25, 0.3) is 0 Å². The van der Waals surface area contributed by atoms with Gasteiger partial charge in [0, 0.05) is 56.9 Å². The van der Waals surface area contributed by atoms with Crippen LogP contribution in [0, 0.1) is 0 Å². The van der Waals surface area contributed by atoms with E-state index < -0.39 is 0 Å². The van der Waals surface area contributed by atoms with Crippen LogP contribution in [0.4, 0.5) is 11.8 Å². The lowest BCUT2D eigenvalue weighted by Gasteiger charge is -2.29. The van der Waals surface area contributed by atoms with Crippen LogP contribution in [-0.2, 0) is 0 Å². The van der Waals surface area contributed by atoms with Crippen LogP contribution in [0.5, 0.6) is 0 Å². The van der Waals surface area contributed by atoms with Gasteiger partial charge in [-0.05, 0) is 18.9 Å². The molecule has 0 aromatic carbocycles. The molecule has 2 aromatic heterocycles. The van der Waals surface area contributed by atoms with E-state index in [-0.39, 0.29) is 6.10 Å². The van der Waals surface area contributed by atoms with Crippen molar-refractivity contribution >= 4 is 23.4 Å². The van der Waals surface area contributed by atoms with E-state index in [9.17, 15) is 5.11 Å². The topological polar surface area (TPSA) is 65.4 Å². The first-order valence-electron chi connectivity index (χ1n) is 7.63. The summed E-state index contributed by atoms with van der Waals surface area (Å²) in [5.41, 5.74) is 1.77. The van der Waals surface area contributed by atoms with Gasteiger partial charge < -0.3 is 14.9 Å². The summed E-state index contributed by atoms with van der Waals surface area (Å²) in [5, 5.41) is 10.2. The molecule has 23 heavy (non-hydrogen) atoms. The molecular formula is C16H20ClN5O. The predicted molar refractivity (Wildman–Crippen MR) is 92.1 cm³/mol. The Morgan fingerprint density at radius 1 is 1.09 bits per heavy atom. The summed E-state index contributed by atoms with van der Waals surface area (Å²) in [4.78, 5) is 17.2. The third kappa shape index (κ3) is 3.54. The lowest BCUT2D eigenvalue weighted by Crippen LogP contribution is -2.36. The molecular weight excluding hydrogens is 314 g/mol. The van der Waals surface area contributed by atoms with Crippen LogP contribution in [0.2, 0.25) is 5.02 Å². The molecule has 3 rings (SSSR count). The standard InChI is InChI=1S/C16H20ClN5O/c1-21(2)15-14(17)7-11(8-18-15)12-9-19-16(20-10-12)22-5-3-13(23)4-6-22/h7-10,13,23H,3-6H2,1-2H3. The number of aromatic nitrogens is 3. The molecule has 0 unspecified atom stereocenters. The first kappa shape index (κ1) is 16.0. The van der Waals surface area contributed by atoms with Crippen molar-refractivity contribution in [3.05, 3.63) is 29.7 Å². The highest BCUT2D eigenvalue weighted by Crippen LogP contribution is 2.27. The lowest BCUT2D eigenvalue weighted by atomic mass is 10.1. The zero-order chi connectivity index (χ0) is 16.4. The van der Waals surface area contributed by atoms with Crippen molar-refractivity contribution in [2.75, 3.05) is 37.0 Å². The second-order valence-electron chi connectivity index (χ2n) is 5.91. The van der Waals surface area contributed by atoms with Gasteiger partial charge in [-0.3, -0.25) is 0 Å². The molecule has 0 radical (unpaired) electrons. The van der Waals surface area contributed by atoms with Gasteiger partial charge in [0.1, 0.15) is 5.82 Å². The van der Waals surface area contributed by atoms with Gasteiger partial charge in [-0.1, -0.05) is 11.6 Å². The predicted octanol–water partition coefficient (Wildman–Crippen LogP) is 2.22. The quantitative estimate of drug-likeness (QED) is 0.929. The molecule has 0 amide bonds. The number of rotatable bonds is 3. The zero-order valence-corrected chi connectivity index (χ0v) is 14.0. The molecule has 0 bridgehead atoms. The number of anilines is 2. The molecule has 1 aliphatic heterocycles. The van der Waals surface area contributed by atoms with E-state index in [2.05, 4.69) is 19.9 Å². The molecule has 6 nitrogen and oxygen atoms in total. The monoisotopic (exact) mass is 333 g/mol. The lowest BCUT2D eigenvalue weighted by molar-refractivity contribution is 0.145. The third-order valence-corrected chi connectivity index (χ3v) is 4.24. The summed E-state index contributed by atoms with van der Waals surface area (Å²) < 4.78 is 0. The number of aliphatic hydroxyl groups excluding tert-OH is 1. The number of hydrogen-bond acceptors (Lipinski definition) is 6. The van der Waals surface area contributed by atoms with Gasteiger partial charge >= 0.3 is 0 Å². The largest absolute Gasteiger partial charge is 0.393 e. The van der Waals surface area contributed by atoms with Crippen LogP contribution in [0.1, 0.15) is 12.8 Å². The molecule has 0 aliphatic carbocycles. The fourth-order valence-corrected chi connectivity index (χ4v) is 2.95. The zero-order valence-electron chi connectivity index (χ0n) is 13.3. The van der Waals surface area contributed by atoms with Gasteiger partial charge in [-0.2, -0.15) is 0 Å². The van der Waals surface area contributed by atoms with E-state index in [0.717, 1.165) is 42.9 Å². The molecule has 1 saturated heterocycles. The molecule has 0 spiro atoms. The Morgan fingerprint density at radius 2 is 1.70 bits per heavy atom. The molecule has 1 aliphatic rings. The van der Waals surface area contributed by atoms with Gasteiger partial charge in [0.2, 0.25) is 5.95 Å². The van der Waals surface area contributed by atoms with E-state index in [1.165, 1.54) is 0 Å². The van der Waals surface area contributed by atoms with Crippen molar-refractivity contribution in [3.63, 3.8) is 0 Å². The maximum Gasteiger partial charge on any atom is 0.225 e. The molecule has 122 valence electrons. The Hall–Kier alpha value is -1.92. The van der Waals surface area contributed by atoms with Gasteiger partial charge in [-0.15, -0.1) is 0 Å². The molecule has 1 N–H and O–H groups in total. The van der Waals surface area contributed by atoms with Gasteiger partial charge in [0.05, 0.1) is 11.1 Å². The van der Waals surface area contributed by atoms with Gasteiger partial charge in [-0.25, -0.2) is 15.0 Å². The van der Waals surface area contributed by atoms with Crippen molar-refractivity contribution in [1.29, 1.82) is 0 Å². The Kier molecular flexibility index (Phi) is 4.63.